The van der Waals surface area contributed by atoms with Crippen molar-refractivity contribution in [2.24, 2.45) is 5.41 Å². The van der Waals surface area contributed by atoms with Crippen LogP contribution in [0.3, 0.4) is 0 Å². The van der Waals surface area contributed by atoms with Crippen LogP contribution in [0.1, 0.15) is 59.3 Å². The molecule has 0 spiro atoms. The molecule has 1 aliphatic rings. The normalized spacial score (nSPS) is 21.1. The second kappa shape index (κ2) is 4.11. The van der Waals surface area contributed by atoms with E-state index in [9.17, 15) is 0 Å². The minimum Gasteiger partial charge on any atom is -0.0847 e. The number of rotatable bonds is 4. The molecule has 0 unspecified atom stereocenters. The van der Waals surface area contributed by atoms with E-state index in [2.05, 4.69) is 26.8 Å². The molecule has 0 fully saturated rings. The number of allylic oxidation sites excluding steroid dienone is 2. The van der Waals surface area contributed by atoms with Crippen LogP contribution in [0.5, 0.6) is 0 Å². The fourth-order valence-corrected chi connectivity index (χ4v) is 2.59. The molecule has 1 rings (SSSR count). The second-order valence-corrected chi connectivity index (χ2v) is 4.01. The van der Waals surface area contributed by atoms with Crippen molar-refractivity contribution in [3.63, 3.8) is 0 Å². The predicted molar refractivity (Wildman–Crippen MR) is 55.2 cm³/mol. The van der Waals surface area contributed by atoms with Gasteiger partial charge in [-0.05, 0) is 37.5 Å². The van der Waals surface area contributed by atoms with E-state index in [-0.39, 0.29) is 0 Å². The van der Waals surface area contributed by atoms with Crippen molar-refractivity contribution in [2.75, 3.05) is 0 Å². The zero-order valence-corrected chi connectivity index (χ0v) is 8.82. The van der Waals surface area contributed by atoms with Crippen molar-refractivity contribution in [2.45, 2.75) is 59.3 Å². The lowest BCUT2D eigenvalue weighted by Crippen LogP contribution is -2.17. The van der Waals surface area contributed by atoms with Crippen LogP contribution >= 0.6 is 0 Å². The number of hydrogen-bond donors (Lipinski definition) is 0. The largest absolute Gasteiger partial charge is 0.0847 e. The van der Waals surface area contributed by atoms with Crippen molar-refractivity contribution in [1.82, 2.24) is 0 Å². The molecule has 0 heteroatoms. The van der Waals surface area contributed by atoms with Crippen LogP contribution in [0, 0.1) is 5.41 Å². The Bertz CT molecular complexity index is 161. The van der Waals surface area contributed by atoms with E-state index in [0.29, 0.717) is 5.41 Å². The third-order valence-corrected chi connectivity index (χ3v) is 3.57. The van der Waals surface area contributed by atoms with Gasteiger partial charge in [-0.2, -0.15) is 0 Å². The highest BCUT2D eigenvalue weighted by atomic mass is 14.4. The van der Waals surface area contributed by atoms with Gasteiger partial charge in [0.2, 0.25) is 0 Å². The van der Waals surface area contributed by atoms with Gasteiger partial charge in [-0.15, -0.1) is 0 Å². The summed E-state index contributed by atoms with van der Waals surface area (Å²) in [7, 11) is 0. The maximum Gasteiger partial charge on any atom is -0.00904 e. The van der Waals surface area contributed by atoms with Gasteiger partial charge in [-0.25, -0.2) is 0 Å². The van der Waals surface area contributed by atoms with Gasteiger partial charge >= 0.3 is 0 Å². The molecule has 1 aliphatic carbocycles. The molecule has 0 aromatic carbocycles. The van der Waals surface area contributed by atoms with Crippen LogP contribution < -0.4 is 0 Å². The Morgan fingerprint density at radius 3 is 2.42 bits per heavy atom. The quantitative estimate of drug-likeness (QED) is 0.546. The summed E-state index contributed by atoms with van der Waals surface area (Å²) in [4.78, 5) is 0. The van der Waals surface area contributed by atoms with Crippen LogP contribution in [0.4, 0.5) is 0 Å². The first-order valence-corrected chi connectivity index (χ1v) is 5.48. The van der Waals surface area contributed by atoms with Gasteiger partial charge in [0.1, 0.15) is 0 Å². The van der Waals surface area contributed by atoms with E-state index >= 15 is 0 Å². The van der Waals surface area contributed by atoms with Gasteiger partial charge in [-0.3, -0.25) is 0 Å². The Morgan fingerprint density at radius 1 is 1.25 bits per heavy atom. The first-order valence-electron chi connectivity index (χ1n) is 5.48. The van der Waals surface area contributed by atoms with Gasteiger partial charge < -0.3 is 0 Å². The topological polar surface area (TPSA) is 0 Å². The monoisotopic (exact) mass is 166 g/mol. The molecule has 0 aliphatic heterocycles. The molecule has 0 amide bonds. The summed E-state index contributed by atoms with van der Waals surface area (Å²) in [5.74, 6) is 0. The fraction of sp³-hybridized carbons (Fsp3) is 0.833. The molecule has 0 radical (unpaired) electrons. The van der Waals surface area contributed by atoms with Crippen LogP contribution in [0.15, 0.2) is 11.6 Å². The average molecular weight is 166 g/mol. The van der Waals surface area contributed by atoms with Crippen molar-refractivity contribution >= 4 is 0 Å². The molecule has 70 valence electrons. The van der Waals surface area contributed by atoms with E-state index in [1.54, 1.807) is 5.57 Å². The third kappa shape index (κ3) is 1.57. The van der Waals surface area contributed by atoms with Crippen molar-refractivity contribution in [1.29, 1.82) is 0 Å². The summed E-state index contributed by atoms with van der Waals surface area (Å²) in [6, 6.07) is 0. The van der Waals surface area contributed by atoms with E-state index in [4.69, 9.17) is 0 Å². The average Bonchev–Trinajstić information content (AvgIpc) is 2.50. The first-order chi connectivity index (χ1) is 5.79. The zero-order valence-electron chi connectivity index (χ0n) is 8.82. The Labute approximate surface area is 77.1 Å². The molecule has 0 saturated heterocycles. The van der Waals surface area contributed by atoms with E-state index in [0.717, 1.165) is 0 Å². The summed E-state index contributed by atoms with van der Waals surface area (Å²) in [5.41, 5.74) is 2.37. The van der Waals surface area contributed by atoms with Crippen molar-refractivity contribution < 1.29 is 0 Å². The molecule has 0 bridgehead atoms. The third-order valence-electron chi connectivity index (χ3n) is 3.57. The molecule has 12 heavy (non-hydrogen) atoms. The van der Waals surface area contributed by atoms with Gasteiger partial charge in [0.15, 0.2) is 0 Å². The molecular formula is C12H22. The maximum atomic E-state index is 2.50. The second-order valence-electron chi connectivity index (χ2n) is 4.01. The molecule has 0 nitrogen and oxygen atoms in total. The summed E-state index contributed by atoms with van der Waals surface area (Å²) in [6.07, 6.45) is 10.6. The maximum absolute atomic E-state index is 2.50. The summed E-state index contributed by atoms with van der Waals surface area (Å²) >= 11 is 0. The number of hydrogen-bond acceptors (Lipinski definition) is 0. The van der Waals surface area contributed by atoms with Crippen LogP contribution in [-0.4, -0.2) is 0 Å². The minimum absolute atomic E-state index is 0.607. The smallest absolute Gasteiger partial charge is 0.00904 e. The molecular weight excluding hydrogens is 144 g/mol. The lowest BCUT2D eigenvalue weighted by molar-refractivity contribution is 0.315. The van der Waals surface area contributed by atoms with Gasteiger partial charge in [0, 0.05) is 0 Å². The standard InChI is InChI=1S/C12H22/c1-4-8-11-9-7-10-12(11,5-2)6-3/h9H,4-8,10H2,1-3H3. The highest BCUT2D eigenvalue weighted by Gasteiger charge is 2.32. The van der Waals surface area contributed by atoms with E-state index < -0.39 is 0 Å². The summed E-state index contributed by atoms with van der Waals surface area (Å²) in [5, 5.41) is 0. The summed E-state index contributed by atoms with van der Waals surface area (Å²) < 4.78 is 0. The van der Waals surface area contributed by atoms with E-state index in [1.807, 2.05) is 0 Å². The molecule has 0 heterocycles. The molecule has 0 N–H and O–H groups in total. The molecule has 0 saturated carbocycles. The van der Waals surface area contributed by atoms with Gasteiger partial charge in [0.05, 0.1) is 0 Å². The fourth-order valence-electron chi connectivity index (χ4n) is 2.59. The van der Waals surface area contributed by atoms with Gasteiger partial charge in [0.25, 0.3) is 0 Å². The zero-order chi connectivity index (χ0) is 9.03. The lowest BCUT2D eigenvalue weighted by Gasteiger charge is -2.30. The Hall–Kier alpha value is -0.260. The SMILES string of the molecule is CCCC1=CCCC1(CC)CC. The van der Waals surface area contributed by atoms with Crippen LogP contribution in [-0.2, 0) is 0 Å². The summed E-state index contributed by atoms with van der Waals surface area (Å²) in [6.45, 7) is 6.98. The highest BCUT2D eigenvalue weighted by Crippen LogP contribution is 2.46. The highest BCUT2D eigenvalue weighted by molar-refractivity contribution is 5.19. The lowest BCUT2D eigenvalue weighted by atomic mass is 9.75. The van der Waals surface area contributed by atoms with Crippen molar-refractivity contribution in [3.05, 3.63) is 11.6 Å². The molecule has 0 aromatic rings. The van der Waals surface area contributed by atoms with Crippen LogP contribution in [0.25, 0.3) is 0 Å². The molecule has 0 aromatic heterocycles. The van der Waals surface area contributed by atoms with Gasteiger partial charge in [-0.1, -0.05) is 38.8 Å². The van der Waals surface area contributed by atoms with E-state index in [1.165, 1.54) is 38.5 Å². The minimum atomic E-state index is 0.607. The molecule has 0 atom stereocenters. The van der Waals surface area contributed by atoms with Crippen molar-refractivity contribution in [3.8, 4) is 0 Å². The Morgan fingerprint density at radius 2 is 1.92 bits per heavy atom. The van der Waals surface area contributed by atoms with Crippen LogP contribution in [0.2, 0.25) is 0 Å². The predicted octanol–water partition coefficient (Wildman–Crippen LogP) is 4.31. The Kier molecular flexibility index (Phi) is 3.37. The Balaban J connectivity index is 2.69. The first kappa shape index (κ1) is 9.83.